The summed E-state index contributed by atoms with van der Waals surface area (Å²) in [5, 5.41) is 11.5. The van der Waals surface area contributed by atoms with E-state index in [2.05, 4.69) is 5.32 Å². The van der Waals surface area contributed by atoms with Gasteiger partial charge in [0, 0.05) is 6.54 Å². The molecule has 0 aromatic rings. The summed E-state index contributed by atoms with van der Waals surface area (Å²) in [5.41, 5.74) is 3.47. The van der Waals surface area contributed by atoms with Crippen LogP contribution in [-0.2, 0) is 9.59 Å². The molecule has 0 aromatic heterocycles. The number of hydrogen-bond acceptors (Lipinski definition) is 3. The lowest BCUT2D eigenvalue weighted by molar-refractivity contribution is -0.148. The highest BCUT2D eigenvalue weighted by Gasteiger charge is 2.37. The van der Waals surface area contributed by atoms with Gasteiger partial charge in [-0.1, -0.05) is 6.92 Å². The highest BCUT2D eigenvalue weighted by molar-refractivity contribution is 5.89. The predicted molar refractivity (Wildman–Crippen MR) is 57.3 cm³/mol. The highest BCUT2D eigenvalue weighted by Crippen LogP contribution is 2.17. The summed E-state index contributed by atoms with van der Waals surface area (Å²) in [6.45, 7) is 6.74. The molecule has 0 aromatic carbocycles. The van der Waals surface area contributed by atoms with Crippen LogP contribution >= 0.6 is 0 Å². The summed E-state index contributed by atoms with van der Waals surface area (Å²) in [5.74, 6) is -1.37. The monoisotopic (exact) mass is 216 g/mol. The molecule has 15 heavy (non-hydrogen) atoms. The number of carboxylic acids is 1. The third-order valence-electron chi connectivity index (χ3n) is 2.69. The molecule has 0 aliphatic heterocycles. The Morgan fingerprint density at radius 2 is 1.80 bits per heavy atom. The third kappa shape index (κ3) is 3.20. The molecule has 0 spiro atoms. The fourth-order valence-electron chi connectivity index (χ4n) is 0.806. The lowest BCUT2D eigenvalue weighted by Crippen LogP contribution is -2.56. The molecule has 0 aliphatic rings. The van der Waals surface area contributed by atoms with Crippen LogP contribution in [0.1, 0.15) is 34.1 Å². The van der Waals surface area contributed by atoms with Crippen molar-refractivity contribution >= 4 is 11.9 Å². The Kier molecular flexibility index (Phi) is 4.27. The molecule has 5 nitrogen and oxygen atoms in total. The minimum atomic E-state index is -1.22. The number of amides is 1. The molecule has 0 fully saturated rings. The molecule has 0 heterocycles. The Hall–Kier alpha value is -1.10. The van der Waals surface area contributed by atoms with Gasteiger partial charge in [-0.3, -0.25) is 4.79 Å². The molecule has 88 valence electrons. The predicted octanol–water partition coefficient (Wildman–Crippen LogP) is 0.341. The average molecular weight is 216 g/mol. The molecule has 1 unspecified atom stereocenters. The normalized spacial score (nSPS) is 15.5. The molecule has 0 saturated heterocycles. The van der Waals surface area contributed by atoms with Crippen molar-refractivity contribution in [2.24, 2.45) is 11.1 Å². The minimum Gasteiger partial charge on any atom is -0.480 e. The van der Waals surface area contributed by atoms with Gasteiger partial charge in [-0.05, 0) is 27.2 Å². The van der Waals surface area contributed by atoms with Gasteiger partial charge in [0.25, 0.3) is 0 Å². The Bertz CT molecular complexity index is 263. The fraction of sp³-hybridized carbons (Fsp3) is 0.800. The number of rotatable bonds is 5. The number of carbonyl (C=O) groups excluding carboxylic acids is 1. The largest absolute Gasteiger partial charge is 0.480 e. The summed E-state index contributed by atoms with van der Waals surface area (Å²) in [4.78, 5) is 22.7. The van der Waals surface area contributed by atoms with E-state index in [4.69, 9.17) is 10.8 Å². The maximum absolute atomic E-state index is 11.7. The molecule has 0 saturated carbocycles. The van der Waals surface area contributed by atoms with E-state index >= 15 is 0 Å². The smallest absolute Gasteiger partial charge is 0.329 e. The van der Waals surface area contributed by atoms with E-state index in [1.807, 2.05) is 0 Å². The van der Waals surface area contributed by atoms with E-state index < -0.39 is 16.9 Å². The van der Waals surface area contributed by atoms with Crippen LogP contribution in [0.2, 0.25) is 0 Å². The van der Waals surface area contributed by atoms with Crippen LogP contribution in [-0.4, -0.2) is 29.1 Å². The molecule has 0 bridgehead atoms. The van der Waals surface area contributed by atoms with Crippen LogP contribution < -0.4 is 11.1 Å². The first-order valence-corrected chi connectivity index (χ1v) is 4.95. The topological polar surface area (TPSA) is 92.4 Å². The molecule has 4 N–H and O–H groups in total. The van der Waals surface area contributed by atoms with E-state index in [0.29, 0.717) is 6.42 Å². The second-order valence-corrected chi connectivity index (χ2v) is 4.53. The molecule has 1 amide bonds. The van der Waals surface area contributed by atoms with Crippen LogP contribution in [0.15, 0.2) is 0 Å². The molecule has 1 atom stereocenters. The van der Waals surface area contributed by atoms with Crippen LogP contribution in [0.4, 0.5) is 0 Å². The lowest BCUT2D eigenvalue weighted by Gasteiger charge is -2.30. The molecule has 0 rings (SSSR count). The Labute approximate surface area is 90.0 Å². The van der Waals surface area contributed by atoms with Crippen molar-refractivity contribution in [1.82, 2.24) is 5.32 Å². The van der Waals surface area contributed by atoms with Crippen molar-refractivity contribution in [3.05, 3.63) is 0 Å². The third-order valence-corrected chi connectivity index (χ3v) is 2.69. The van der Waals surface area contributed by atoms with Crippen molar-refractivity contribution < 1.29 is 14.7 Å². The van der Waals surface area contributed by atoms with Crippen molar-refractivity contribution in [3.8, 4) is 0 Å². The zero-order chi connectivity index (χ0) is 12.3. The van der Waals surface area contributed by atoms with Crippen LogP contribution in [0.5, 0.6) is 0 Å². The van der Waals surface area contributed by atoms with Crippen molar-refractivity contribution in [1.29, 1.82) is 0 Å². The number of carboxylic acid groups (broad SMARTS) is 1. The molecule has 0 radical (unpaired) electrons. The second kappa shape index (κ2) is 4.61. The van der Waals surface area contributed by atoms with E-state index in [1.165, 1.54) is 6.92 Å². The van der Waals surface area contributed by atoms with Crippen molar-refractivity contribution in [2.75, 3.05) is 6.54 Å². The number of aliphatic carboxylic acids is 1. The van der Waals surface area contributed by atoms with Gasteiger partial charge in [0.15, 0.2) is 0 Å². The Morgan fingerprint density at radius 3 is 2.07 bits per heavy atom. The second-order valence-electron chi connectivity index (χ2n) is 4.53. The number of nitrogens with two attached hydrogens (primary N) is 1. The highest BCUT2D eigenvalue weighted by atomic mass is 16.4. The summed E-state index contributed by atoms with van der Waals surface area (Å²) >= 11 is 0. The first kappa shape index (κ1) is 13.9. The SMILES string of the molecule is CCC(C)(NC(=O)C(C)(C)CN)C(=O)O. The lowest BCUT2D eigenvalue weighted by atomic mass is 9.90. The van der Waals surface area contributed by atoms with E-state index in [1.54, 1.807) is 20.8 Å². The number of carbonyl (C=O) groups is 2. The minimum absolute atomic E-state index is 0.179. The van der Waals surface area contributed by atoms with Gasteiger partial charge in [0.1, 0.15) is 5.54 Å². The van der Waals surface area contributed by atoms with Gasteiger partial charge in [-0.25, -0.2) is 4.79 Å². The van der Waals surface area contributed by atoms with Gasteiger partial charge in [-0.15, -0.1) is 0 Å². The first-order valence-electron chi connectivity index (χ1n) is 4.95. The van der Waals surface area contributed by atoms with Crippen LogP contribution in [0, 0.1) is 5.41 Å². The summed E-state index contributed by atoms with van der Waals surface area (Å²) < 4.78 is 0. The number of nitrogens with one attached hydrogen (secondary N) is 1. The summed E-state index contributed by atoms with van der Waals surface area (Å²) in [7, 11) is 0. The number of hydrogen-bond donors (Lipinski definition) is 3. The average Bonchev–Trinajstić information content (AvgIpc) is 2.17. The molecular weight excluding hydrogens is 196 g/mol. The zero-order valence-electron chi connectivity index (χ0n) is 9.76. The summed E-state index contributed by atoms with van der Waals surface area (Å²) in [6.07, 6.45) is 0.328. The van der Waals surface area contributed by atoms with Crippen molar-refractivity contribution in [2.45, 2.75) is 39.7 Å². The van der Waals surface area contributed by atoms with E-state index in [-0.39, 0.29) is 12.5 Å². The van der Waals surface area contributed by atoms with Gasteiger partial charge in [0.05, 0.1) is 5.41 Å². The van der Waals surface area contributed by atoms with Crippen molar-refractivity contribution in [3.63, 3.8) is 0 Å². The quantitative estimate of drug-likeness (QED) is 0.618. The van der Waals surface area contributed by atoms with E-state index in [0.717, 1.165) is 0 Å². The van der Waals surface area contributed by atoms with Gasteiger partial charge in [0.2, 0.25) is 5.91 Å². The zero-order valence-corrected chi connectivity index (χ0v) is 9.76. The van der Waals surface area contributed by atoms with Crippen LogP contribution in [0.3, 0.4) is 0 Å². The molecule has 0 aliphatic carbocycles. The van der Waals surface area contributed by atoms with Gasteiger partial charge < -0.3 is 16.2 Å². The maximum atomic E-state index is 11.7. The molecule has 5 heteroatoms. The van der Waals surface area contributed by atoms with Crippen LogP contribution in [0.25, 0.3) is 0 Å². The van der Waals surface area contributed by atoms with E-state index in [9.17, 15) is 9.59 Å². The Balaban J connectivity index is 4.72. The van der Waals surface area contributed by atoms with Gasteiger partial charge in [-0.2, -0.15) is 0 Å². The molecular formula is C10H20N2O3. The fourth-order valence-corrected chi connectivity index (χ4v) is 0.806. The van der Waals surface area contributed by atoms with Gasteiger partial charge >= 0.3 is 5.97 Å². The first-order chi connectivity index (χ1) is 6.69. The maximum Gasteiger partial charge on any atom is 0.329 e. The Morgan fingerprint density at radius 1 is 1.33 bits per heavy atom. The summed E-state index contributed by atoms with van der Waals surface area (Å²) in [6, 6.07) is 0. The standard InChI is InChI=1S/C10H20N2O3/c1-5-10(4,8(14)15)12-7(13)9(2,3)6-11/h5-6,11H2,1-4H3,(H,12,13)(H,14,15).